The number of rotatable bonds is 11. The van der Waals surface area contributed by atoms with Crippen molar-refractivity contribution in [2.24, 2.45) is 11.7 Å². The molecular weight excluding hydrogens is 232 g/mol. The molecule has 0 saturated carbocycles. The lowest BCUT2D eigenvalue weighted by Gasteiger charge is -2.14. The minimum atomic E-state index is -0.174. The van der Waals surface area contributed by atoms with E-state index in [1.54, 1.807) is 0 Å². The first-order valence-electron chi connectivity index (χ1n) is 6.76. The molecule has 108 valence electrons. The molecule has 0 rings (SSSR count). The standard InChI is InChI=1S/C13H28N2O3/c1-4-18-12(9-14)8-13(16)15-6-5-7-17-10-11(2)3/h11-12H,4-10,14H2,1-3H3,(H,15,16). The highest BCUT2D eigenvalue weighted by molar-refractivity contribution is 5.76. The summed E-state index contributed by atoms with van der Waals surface area (Å²) >= 11 is 0. The summed E-state index contributed by atoms with van der Waals surface area (Å²) in [6, 6.07) is 0. The summed E-state index contributed by atoms with van der Waals surface area (Å²) in [6.07, 6.45) is 0.990. The van der Waals surface area contributed by atoms with E-state index >= 15 is 0 Å². The van der Waals surface area contributed by atoms with Crippen molar-refractivity contribution in [2.45, 2.75) is 39.7 Å². The Bertz CT molecular complexity index is 210. The van der Waals surface area contributed by atoms with E-state index in [1.807, 2.05) is 6.92 Å². The molecule has 0 bridgehead atoms. The average molecular weight is 260 g/mol. The van der Waals surface area contributed by atoms with E-state index in [-0.39, 0.29) is 12.0 Å². The molecule has 1 unspecified atom stereocenters. The summed E-state index contributed by atoms with van der Waals surface area (Å²) in [5.74, 6) is 0.541. The molecule has 1 amide bonds. The predicted molar refractivity (Wildman–Crippen MR) is 72.4 cm³/mol. The van der Waals surface area contributed by atoms with Crippen LogP contribution < -0.4 is 11.1 Å². The molecule has 3 N–H and O–H groups in total. The zero-order valence-corrected chi connectivity index (χ0v) is 11.9. The number of nitrogens with two attached hydrogens (primary N) is 1. The summed E-state index contributed by atoms with van der Waals surface area (Å²) in [6.45, 7) is 9.17. The number of ether oxygens (including phenoxy) is 2. The van der Waals surface area contributed by atoms with Gasteiger partial charge < -0.3 is 20.5 Å². The van der Waals surface area contributed by atoms with Crippen molar-refractivity contribution < 1.29 is 14.3 Å². The van der Waals surface area contributed by atoms with E-state index in [2.05, 4.69) is 19.2 Å². The van der Waals surface area contributed by atoms with Gasteiger partial charge in [-0.2, -0.15) is 0 Å². The van der Waals surface area contributed by atoms with Gasteiger partial charge in [0.25, 0.3) is 0 Å². The second-order valence-electron chi connectivity index (χ2n) is 4.69. The minimum absolute atomic E-state index is 0.0113. The van der Waals surface area contributed by atoms with Crippen molar-refractivity contribution in [3.05, 3.63) is 0 Å². The van der Waals surface area contributed by atoms with Crippen LogP contribution in [0.5, 0.6) is 0 Å². The molecule has 0 heterocycles. The molecule has 0 aliphatic heterocycles. The van der Waals surface area contributed by atoms with E-state index in [1.165, 1.54) is 0 Å². The highest BCUT2D eigenvalue weighted by atomic mass is 16.5. The molecule has 0 aromatic carbocycles. The second-order valence-corrected chi connectivity index (χ2v) is 4.69. The zero-order valence-electron chi connectivity index (χ0n) is 11.9. The van der Waals surface area contributed by atoms with Crippen LogP contribution in [0.25, 0.3) is 0 Å². The third-order valence-corrected chi connectivity index (χ3v) is 2.32. The smallest absolute Gasteiger partial charge is 0.222 e. The largest absolute Gasteiger partial charge is 0.381 e. The van der Waals surface area contributed by atoms with Gasteiger partial charge in [0, 0.05) is 32.9 Å². The summed E-state index contributed by atoms with van der Waals surface area (Å²) in [5, 5.41) is 2.84. The normalized spacial score (nSPS) is 12.7. The first-order chi connectivity index (χ1) is 8.60. The molecule has 0 aromatic heterocycles. The van der Waals surface area contributed by atoms with Gasteiger partial charge in [0.15, 0.2) is 0 Å². The fourth-order valence-corrected chi connectivity index (χ4v) is 1.45. The third-order valence-electron chi connectivity index (χ3n) is 2.32. The molecule has 0 aliphatic carbocycles. The maximum Gasteiger partial charge on any atom is 0.222 e. The first kappa shape index (κ1) is 17.4. The summed E-state index contributed by atoms with van der Waals surface area (Å²) in [7, 11) is 0. The predicted octanol–water partition coefficient (Wildman–Crippen LogP) is 0.919. The van der Waals surface area contributed by atoms with Crippen LogP contribution in [0.4, 0.5) is 0 Å². The number of carbonyl (C=O) groups is 1. The van der Waals surface area contributed by atoms with Gasteiger partial charge in [0.2, 0.25) is 5.91 Å². The summed E-state index contributed by atoms with van der Waals surface area (Å²) in [4.78, 5) is 11.5. The maximum atomic E-state index is 11.5. The van der Waals surface area contributed by atoms with Crippen LogP contribution in [0.3, 0.4) is 0 Å². The Balaban J connectivity index is 3.46. The number of hydrogen-bond donors (Lipinski definition) is 2. The minimum Gasteiger partial charge on any atom is -0.381 e. The van der Waals surface area contributed by atoms with Crippen LogP contribution in [-0.2, 0) is 14.3 Å². The van der Waals surface area contributed by atoms with Crippen LogP contribution in [0.15, 0.2) is 0 Å². The SMILES string of the molecule is CCOC(CN)CC(=O)NCCCOCC(C)C. The number of carbonyl (C=O) groups excluding carboxylic acids is 1. The molecule has 0 aromatic rings. The lowest BCUT2D eigenvalue weighted by atomic mass is 10.2. The summed E-state index contributed by atoms with van der Waals surface area (Å²) < 4.78 is 10.7. The van der Waals surface area contributed by atoms with Crippen molar-refractivity contribution in [3.8, 4) is 0 Å². The van der Waals surface area contributed by atoms with Gasteiger partial charge in [-0.1, -0.05) is 13.8 Å². The lowest BCUT2D eigenvalue weighted by Crippen LogP contribution is -2.33. The highest BCUT2D eigenvalue weighted by Gasteiger charge is 2.11. The van der Waals surface area contributed by atoms with Gasteiger partial charge in [0.1, 0.15) is 0 Å². The lowest BCUT2D eigenvalue weighted by molar-refractivity contribution is -0.123. The van der Waals surface area contributed by atoms with E-state index in [0.717, 1.165) is 13.0 Å². The monoisotopic (exact) mass is 260 g/mol. The van der Waals surface area contributed by atoms with Gasteiger partial charge >= 0.3 is 0 Å². The molecule has 0 fully saturated rings. The van der Waals surface area contributed by atoms with Gasteiger partial charge in [0.05, 0.1) is 12.5 Å². The van der Waals surface area contributed by atoms with Crippen molar-refractivity contribution in [1.82, 2.24) is 5.32 Å². The maximum absolute atomic E-state index is 11.5. The molecule has 0 saturated heterocycles. The molecule has 5 nitrogen and oxygen atoms in total. The molecule has 1 atom stereocenters. The number of amides is 1. The van der Waals surface area contributed by atoms with E-state index in [9.17, 15) is 4.79 Å². The zero-order chi connectivity index (χ0) is 13.8. The van der Waals surface area contributed by atoms with Crippen molar-refractivity contribution >= 4 is 5.91 Å². The number of nitrogens with one attached hydrogen (secondary N) is 1. The van der Waals surface area contributed by atoms with E-state index < -0.39 is 0 Å². The molecule has 18 heavy (non-hydrogen) atoms. The van der Waals surface area contributed by atoms with Crippen LogP contribution >= 0.6 is 0 Å². The fourth-order valence-electron chi connectivity index (χ4n) is 1.45. The Morgan fingerprint density at radius 2 is 2.11 bits per heavy atom. The van der Waals surface area contributed by atoms with Gasteiger partial charge in [-0.3, -0.25) is 4.79 Å². The van der Waals surface area contributed by atoms with Crippen LogP contribution in [-0.4, -0.2) is 44.9 Å². The Hall–Kier alpha value is -0.650. The fraction of sp³-hybridized carbons (Fsp3) is 0.923. The summed E-state index contributed by atoms with van der Waals surface area (Å²) in [5.41, 5.74) is 5.50. The quantitative estimate of drug-likeness (QED) is 0.542. The topological polar surface area (TPSA) is 73.6 Å². The number of hydrogen-bond acceptors (Lipinski definition) is 4. The average Bonchev–Trinajstić information content (AvgIpc) is 2.32. The third kappa shape index (κ3) is 10.5. The van der Waals surface area contributed by atoms with E-state index in [0.29, 0.717) is 38.6 Å². The van der Waals surface area contributed by atoms with Crippen molar-refractivity contribution in [2.75, 3.05) is 32.9 Å². The Morgan fingerprint density at radius 1 is 1.39 bits per heavy atom. The Kier molecular flexibility index (Phi) is 11.0. The first-order valence-corrected chi connectivity index (χ1v) is 6.76. The molecule has 5 heteroatoms. The molecule has 0 radical (unpaired) electrons. The Labute approximate surface area is 110 Å². The molecule has 0 spiro atoms. The van der Waals surface area contributed by atoms with Crippen LogP contribution in [0.1, 0.15) is 33.6 Å². The van der Waals surface area contributed by atoms with Crippen LogP contribution in [0, 0.1) is 5.92 Å². The molecule has 0 aliphatic rings. The van der Waals surface area contributed by atoms with Crippen LogP contribution in [0.2, 0.25) is 0 Å². The van der Waals surface area contributed by atoms with Gasteiger partial charge in [-0.15, -0.1) is 0 Å². The highest BCUT2D eigenvalue weighted by Crippen LogP contribution is 1.97. The van der Waals surface area contributed by atoms with Gasteiger partial charge in [-0.25, -0.2) is 0 Å². The molecular formula is C13H28N2O3. The van der Waals surface area contributed by atoms with Crippen molar-refractivity contribution in [1.29, 1.82) is 0 Å². The second kappa shape index (κ2) is 11.4. The van der Waals surface area contributed by atoms with Crippen molar-refractivity contribution in [3.63, 3.8) is 0 Å². The van der Waals surface area contributed by atoms with Gasteiger partial charge in [-0.05, 0) is 19.3 Å². The van der Waals surface area contributed by atoms with E-state index in [4.69, 9.17) is 15.2 Å². The Morgan fingerprint density at radius 3 is 2.67 bits per heavy atom.